The molecular weight excluding hydrogens is 292 g/mol. The van der Waals surface area contributed by atoms with Gasteiger partial charge in [0.1, 0.15) is 6.04 Å². The van der Waals surface area contributed by atoms with Crippen LogP contribution < -0.4 is 5.32 Å². The Morgan fingerprint density at radius 1 is 1.17 bits per heavy atom. The molecule has 1 aliphatic rings. The maximum absolute atomic E-state index is 12.4. The van der Waals surface area contributed by atoms with Crippen molar-refractivity contribution in [3.8, 4) is 0 Å². The molecule has 1 unspecified atom stereocenters. The fraction of sp³-hybridized carbons (Fsp3) is 0.412. The number of benzene rings is 1. The van der Waals surface area contributed by atoms with Crippen LogP contribution in [0.4, 0.5) is 4.79 Å². The molecule has 1 aromatic carbocycles. The summed E-state index contributed by atoms with van der Waals surface area (Å²) >= 11 is 0. The minimum atomic E-state index is -0.434. The fourth-order valence-corrected chi connectivity index (χ4v) is 2.78. The monoisotopic (exact) mass is 312 g/mol. The molecule has 1 N–H and O–H groups in total. The Hall–Kier alpha value is -2.50. The van der Waals surface area contributed by atoms with E-state index in [1.165, 1.54) is 4.90 Å². The Kier molecular flexibility index (Phi) is 3.98. The Balaban J connectivity index is 1.85. The molecule has 2 aromatic rings. The number of nitrogens with one attached hydrogen (secondary N) is 1. The number of hydrogen-bond acceptors (Lipinski definition) is 4. The van der Waals surface area contributed by atoms with Crippen molar-refractivity contribution in [3.05, 3.63) is 35.7 Å². The molecule has 0 saturated carbocycles. The van der Waals surface area contributed by atoms with Gasteiger partial charge in [-0.3, -0.25) is 9.69 Å². The van der Waals surface area contributed by atoms with E-state index in [0.29, 0.717) is 18.0 Å². The lowest BCUT2D eigenvalue weighted by atomic mass is 10.0. The predicted molar refractivity (Wildman–Crippen MR) is 86.6 cm³/mol. The van der Waals surface area contributed by atoms with Crippen molar-refractivity contribution >= 4 is 23.0 Å². The average Bonchev–Trinajstić information content (AvgIpc) is 2.75. The first-order valence-corrected chi connectivity index (χ1v) is 7.80. The van der Waals surface area contributed by atoms with E-state index in [4.69, 9.17) is 0 Å². The summed E-state index contributed by atoms with van der Waals surface area (Å²) in [6.45, 7) is 6.06. The van der Waals surface area contributed by atoms with Crippen LogP contribution in [-0.4, -0.2) is 32.8 Å². The largest absolute Gasteiger partial charge is 0.326 e. The standard InChI is InChI=1S/C17H20N4O2/c1-10(2)8-14-16(22)21(17(23)20-14)9-15-11(3)18-12-6-4-5-7-13(12)19-15/h4-7,10,14H,8-9H2,1-3H3,(H,20,23). The van der Waals surface area contributed by atoms with Crippen molar-refractivity contribution in [2.45, 2.75) is 39.8 Å². The number of imide groups is 1. The molecular formula is C17H20N4O2. The van der Waals surface area contributed by atoms with Gasteiger partial charge in [0, 0.05) is 0 Å². The van der Waals surface area contributed by atoms with Crippen LogP contribution in [0.3, 0.4) is 0 Å². The van der Waals surface area contributed by atoms with Gasteiger partial charge < -0.3 is 5.32 Å². The first-order chi connectivity index (χ1) is 11.0. The molecule has 1 fully saturated rings. The Bertz CT molecular complexity index is 772. The average molecular weight is 312 g/mol. The Morgan fingerprint density at radius 3 is 2.48 bits per heavy atom. The molecule has 3 amide bonds. The first-order valence-electron chi connectivity index (χ1n) is 7.80. The van der Waals surface area contributed by atoms with Gasteiger partial charge in [0.15, 0.2) is 0 Å². The fourth-order valence-electron chi connectivity index (χ4n) is 2.78. The molecule has 0 aliphatic carbocycles. The zero-order chi connectivity index (χ0) is 16.6. The molecule has 0 radical (unpaired) electrons. The second-order valence-electron chi connectivity index (χ2n) is 6.30. The number of rotatable bonds is 4. The van der Waals surface area contributed by atoms with E-state index in [1.807, 2.05) is 45.0 Å². The predicted octanol–water partition coefficient (Wildman–Crippen LogP) is 2.40. The van der Waals surface area contributed by atoms with Crippen LogP contribution in [0.5, 0.6) is 0 Å². The zero-order valence-electron chi connectivity index (χ0n) is 13.5. The smallest absolute Gasteiger partial charge is 0.325 e. The normalized spacial score (nSPS) is 18.1. The van der Waals surface area contributed by atoms with E-state index in [9.17, 15) is 9.59 Å². The van der Waals surface area contributed by atoms with E-state index in [-0.39, 0.29) is 18.5 Å². The maximum Gasteiger partial charge on any atom is 0.325 e. The minimum absolute atomic E-state index is 0.156. The quantitative estimate of drug-likeness (QED) is 0.880. The van der Waals surface area contributed by atoms with Gasteiger partial charge in [-0.05, 0) is 31.4 Å². The lowest BCUT2D eigenvalue weighted by Crippen LogP contribution is -2.32. The number of carbonyl (C=O) groups is 2. The van der Waals surface area contributed by atoms with Gasteiger partial charge in [0.25, 0.3) is 5.91 Å². The number of nitrogens with zero attached hydrogens (tertiary/aromatic N) is 3. The number of fused-ring (bicyclic) bond motifs is 1. The summed E-state index contributed by atoms with van der Waals surface area (Å²) in [6.07, 6.45) is 0.642. The molecule has 1 aliphatic heterocycles. The van der Waals surface area contributed by atoms with E-state index >= 15 is 0 Å². The van der Waals surface area contributed by atoms with E-state index in [2.05, 4.69) is 15.3 Å². The lowest BCUT2D eigenvalue weighted by molar-refractivity contribution is -0.128. The van der Waals surface area contributed by atoms with Crippen molar-refractivity contribution in [3.63, 3.8) is 0 Å². The second kappa shape index (κ2) is 5.95. The third-order valence-corrected chi connectivity index (χ3v) is 3.96. The van der Waals surface area contributed by atoms with Gasteiger partial charge in [0.2, 0.25) is 0 Å². The zero-order valence-corrected chi connectivity index (χ0v) is 13.5. The van der Waals surface area contributed by atoms with Gasteiger partial charge in [-0.15, -0.1) is 0 Å². The summed E-state index contributed by atoms with van der Waals surface area (Å²) in [5.74, 6) is 0.157. The number of aromatic nitrogens is 2. The van der Waals surface area contributed by atoms with Crippen molar-refractivity contribution < 1.29 is 9.59 Å². The van der Waals surface area contributed by atoms with Crippen molar-refractivity contribution in [1.82, 2.24) is 20.2 Å². The van der Waals surface area contributed by atoms with E-state index in [1.54, 1.807) is 0 Å². The van der Waals surface area contributed by atoms with Gasteiger partial charge in [-0.25, -0.2) is 14.8 Å². The maximum atomic E-state index is 12.4. The Labute approximate surface area is 134 Å². The number of aryl methyl sites for hydroxylation is 1. The van der Waals surface area contributed by atoms with Gasteiger partial charge in [-0.1, -0.05) is 26.0 Å². The summed E-state index contributed by atoms with van der Waals surface area (Å²) in [4.78, 5) is 34.8. The number of para-hydroxylation sites is 2. The topological polar surface area (TPSA) is 75.2 Å². The Morgan fingerprint density at radius 2 is 1.83 bits per heavy atom. The van der Waals surface area contributed by atoms with E-state index < -0.39 is 6.04 Å². The second-order valence-corrected chi connectivity index (χ2v) is 6.30. The molecule has 3 rings (SSSR count). The minimum Gasteiger partial charge on any atom is -0.326 e. The molecule has 1 atom stereocenters. The molecule has 1 saturated heterocycles. The summed E-state index contributed by atoms with van der Waals surface area (Å²) in [5, 5.41) is 2.75. The summed E-state index contributed by atoms with van der Waals surface area (Å²) in [6, 6.07) is 6.78. The van der Waals surface area contributed by atoms with Crippen LogP contribution in [0.2, 0.25) is 0 Å². The molecule has 120 valence electrons. The first kappa shape index (κ1) is 15.4. The number of amides is 3. The summed E-state index contributed by atoms with van der Waals surface area (Å²) < 4.78 is 0. The number of urea groups is 1. The van der Waals surface area contributed by atoms with E-state index in [0.717, 1.165) is 16.7 Å². The molecule has 1 aromatic heterocycles. The molecule has 0 bridgehead atoms. The summed E-state index contributed by atoms with van der Waals surface area (Å²) in [5.41, 5.74) is 2.96. The van der Waals surface area contributed by atoms with Crippen LogP contribution in [-0.2, 0) is 11.3 Å². The molecule has 23 heavy (non-hydrogen) atoms. The summed E-state index contributed by atoms with van der Waals surface area (Å²) in [7, 11) is 0. The number of hydrogen-bond donors (Lipinski definition) is 1. The van der Waals surface area contributed by atoms with Crippen LogP contribution >= 0.6 is 0 Å². The van der Waals surface area contributed by atoms with Crippen molar-refractivity contribution in [2.75, 3.05) is 0 Å². The molecule has 6 heteroatoms. The molecule has 6 nitrogen and oxygen atoms in total. The highest BCUT2D eigenvalue weighted by Crippen LogP contribution is 2.19. The highest BCUT2D eigenvalue weighted by atomic mass is 16.2. The van der Waals surface area contributed by atoms with Crippen LogP contribution in [0.25, 0.3) is 11.0 Å². The number of carbonyl (C=O) groups excluding carboxylic acids is 2. The van der Waals surface area contributed by atoms with Crippen LogP contribution in [0.15, 0.2) is 24.3 Å². The third kappa shape index (κ3) is 3.02. The van der Waals surface area contributed by atoms with Gasteiger partial charge in [0.05, 0.1) is 29.0 Å². The highest BCUT2D eigenvalue weighted by Gasteiger charge is 2.38. The van der Waals surface area contributed by atoms with Gasteiger partial charge >= 0.3 is 6.03 Å². The SMILES string of the molecule is Cc1nc2ccccc2nc1CN1C(=O)NC(CC(C)C)C1=O. The van der Waals surface area contributed by atoms with Gasteiger partial charge in [-0.2, -0.15) is 0 Å². The van der Waals surface area contributed by atoms with Crippen LogP contribution in [0.1, 0.15) is 31.7 Å². The van der Waals surface area contributed by atoms with Crippen molar-refractivity contribution in [1.29, 1.82) is 0 Å². The van der Waals surface area contributed by atoms with Crippen LogP contribution in [0, 0.1) is 12.8 Å². The van der Waals surface area contributed by atoms with Crippen molar-refractivity contribution in [2.24, 2.45) is 5.92 Å². The third-order valence-electron chi connectivity index (χ3n) is 3.96. The molecule has 2 heterocycles. The lowest BCUT2D eigenvalue weighted by Gasteiger charge is -2.15. The molecule has 0 spiro atoms. The highest BCUT2D eigenvalue weighted by molar-refractivity contribution is 6.04.